The largest absolute Gasteiger partial charge is 0.377 e. The van der Waals surface area contributed by atoms with E-state index in [0.717, 1.165) is 16.3 Å². The van der Waals surface area contributed by atoms with Crippen LogP contribution in [0, 0.1) is 12.3 Å². The number of benzene rings is 2. The van der Waals surface area contributed by atoms with Crippen molar-refractivity contribution in [3.05, 3.63) is 65.3 Å². The smallest absolute Gasteiger partial charge is 0.270 e. The SMILES string of the molecule is C#CCOCCOCCNC(=O)c1cc2ccccc2c(-c2ccccc2Cl)n1. The highest BCUT2D eigenvalue weighted by Crippen LogP contribution is 2.32. The van der Waals surface area contributed by atoms with E-state index in [1.807, 2.05) is 48.5 Å². The molecule has 1 N–H and O–H groups in total. The van der Waals surface area contributed by atoms with Crippen molar-refractivity contribution in [3.8, 4) is 23.6 Å². The van der Waals surface area contributed by atoms with Crippen molar-refractivity contribution in [1.82, 2.24) is 10.3 Å². The number of ether oxygens (including phenoxy) is 2. The number of halogens is 1. The number of aromatic nitrogens is 1. The van der Waals surface area contributed by atoms with Crippen molar-refractivity contribution in [2.24, 2.45) is 0 Å². The number of nitrogens with one attached hydrogen (secondary N) is 1. The first kappa shape index (κ1) is 20.8. The van der Waals surface area contributed by atoms with Gasteiger partial charge in [0.1, 0.15) is 12.3 Å². The number of carbonyl (C=O) groups is 1. The number of hydrogen-bond donors (Lipinski definition) is 1. The van der Waals surface area contributed by atoms with Gasteiger partial charge in [-0.25, -0.2) is 4.98 Å². The molecule has 0 radical (unpaired) electrons. The summed E-state index contributed by atoms with van der Waals surface area (Å²) in [5.74, 6) is 2.12. The first-order chi connectivity index (χ1) is 14.2. The normalized spacial score (nSPS) is 10.6. The molecule has 0 spiro atoms. The molecule has 0 fully saturated rings. The lowest BCUT2D eigenvalue weighted by atomic mass is 10.0. The van der Waals surface area contributed by atoms with Gasteiger partial charge >= 0.3 is 0 Å². The second-order valence-electron chi connectivity index (χ2n) is 6.18. The Hall–Kier alpha value is -2.91. The molecule has 0 saturated heterocycles. The van der Waals surface area contributed by atoms with Crippen LogP contribution in [0.4, 0.5) is 0 Å². The van der Waals surface area contributed by atoms with E-state index < -0.39 is 0 Å². The average Bonchev–Trinajstić information content (AvgIpc) is 2.75. The molecule has 3 rings (SSSR count). The molecule has 0 bridgehead atoms. The van der Waals surface area contributed by atoms with Gasteiger partial charge in [0.05, 0.1) is 25.5 Å². The number of fused-ring (bicyclic) bond motifs is 1. The molecule has 0 atom stereocenters. The van der Waals surface area contributed by atoms with Gasteiger partial charge in [-0.05, 0) is 17.5 Å². The number of terminal acetylenes is 1. The van der Waals surface area contributed by atoms with Crippen LogP contribution in [-0.4, -0.2) is 43.9 Å². The summed E-state index contributed by atoms with van der Waals surface area (Å²) < 4.78 is 10.5. The van der Waals surface area contributed by atoms with Gasteiger partial charge in [0.25, 0.3) is 5.91 Å². The third-order valence-electron chi connectivity index (χ3n) is 4.19. The molecule has 6 heteroatoms. The van der Waals surface area contributed by atoms with E-state index in [9.17, 15) is 4.79 Å². The number of rotatable bonds is 9. The minimum Gasteiger partial charge on any atom is -0.377 e. The lowest BCUT2D eigenvalue weighted by Crippen LogP contribution is -2.28. The summed E-state index contributed by atoms with van der Waals surface area (Å²) in [5.41, 5.74) is 1.80. The molecule has 0 aliphatic heterocycles. The van der Waals surface area contributed by atoms with Crippen molar-refractivity contribution in [2.75, 3.05) is 33.0 Å². The number of amides is 1. The average molecular weight is 409 g/mol. The van der Waals surface area contributed by atoms with Gasteiger partial charge in [0, 0.05) is 22.5 Å². The number of nitrogens with zero attached hydrogens (tertiary/aromatic N) is 1. The molecule has 5 nitrogen and oxygen atoms in total. The maximum atomic E-state index is 12.6. The predicted molar refractivity (Wildman–Crippen MR) is 115 cm³/mol. The van der Waals surface area contributed by atoms with E-state index in [2.05, 4.69) is 16.2 Å². The zero-order valence-corrected chi connectivity index (χ0v) is 16.6. The molecule has 1 aromatic heterocycles. The maximum absolute atomic E-state index is 12.6. The van der Waals surface area contributed by atoms with Crippen molar-refractivity contribution in [1.29, 1.82) is 0 Å². The van der Waals surface area contributed by atoms with Crippen molar-refractivity contribution in [3.63, 3.8) is 0 Å². The first-order valence-corrected chi connectivity index (χ1v) is 9.60. The Balaban J connectivity index is 1.71. The van der Waals surface area contributed by atoms with E-state index >= 15 is 0 Å². The van der Waals surface area contributed by atoms with Gasteiger partial charge in [-0.3, -0.25) is 4.79 Å². The third kappa shape index (κ3) is 5.55. The van der Waals surface area contributed by atoms with Crippen LogP contribution in [0.25, 0.3) is 22.0 Å². The predicted octanol–water partition coefficient (Wildman–Crippen LogP) is 3.95. The molecule has 2 aromatic carbocycles. The summed E-state index contributed by atoms with van der Waals surface area (Å²) in [6.07, 6.45) is 5.09. The Labute approximate surface area is 175 Å². The van der Waals surface area contributed by atoms with Crippen molar-refractivity contribution < 1.29 is 14.3 Å². The van der Waals surface area contributed by atoms with Gasteiger partial charge in [-0.2, -0.15) is 0 Å². The zero-order valence-electron chi connectivity index (χ0n) is 15.9. The molecular formula is C23H21ClN2O3. The fourth-order valence-corrected chi connectivity index (χ4v) is 3.08. The Kier molecular flexibility index (Phi) is 7.60. The van der Waals surface area contributed by atoms with Gasteiger partial charge in [-0.1, -0.05) is 60.0 Å². The summed E-state index contributed by atoms with van der Waals surface area (Å²) in [4.78, 5) is 17.2. The highest BCUT2D eigenvalue weighted by Gasteiger charge is 2.14. The highest BCUT2D eigenvalue weighted by atomic mass is 35.5. The Morgan fingerprint density at radius 3 is 2.66 bits per heavy atom. The molecular weight excluding hydrogens is 388 g/mol. The van der Waals surface area contributed by atoms with E-state index in [4.69, 9.17) is 27.5 Å². The van der Waals surface area contributed by atoms with Crippen LogP contribution in [0.2, 0.25) is 5.02 Å². The van der Waals surface area contributed by atoms with Crippen LogP contribution in [0.15, 0.2) is 54.6 Å². The maximum Gasteiger partial charge on any atom is 0.270 e. The van der Waals surface area contributed by atoms with Crippen molar-refractivity contribution in [2.45, 2.75) is 0 Å². The second kappa shape index (κ2) is 10.6. The van der Waals surface area contributed by atoms with Crippen molar-refractivity contribution >= 4 is 28.3 Å². The topological polar surface area (TPSA) is 60.5 Å². The Morgan fingerprint density at radius 1 is 1.07 bits per heavy atom. The van der Waals surface area contributed by atoms with Crippen LogP contribution >= 0.6 is 11.6 Å². The van der Waals surface area contributed by atoms with Crippen LogP contribution in [0.3, 0.4) is 0 Å². The van der Waals surface area contributed by atoms with Gasteiger partial charge < -0.3 is 14.8 Å². The number of pyridine rings is 1. The van der Waals surface area contributed by atoms with Crippen LogP contribution in [0.5, 0.6) is 0 Å². The molecule has 148 valence electrons. The molecule has 1 heterocycles. The molecule has 0 saturated carbocycles. The first-order valence-electron chi connectivity index (χ1n) is 9.22. The van der Waals surface area contributed by atoms with E-state index in [0.29, 0.717) is 42.8 Å². The second-order valence-corrected chi connectivity index (χ2v) is 6.59. The summed E-state index contributed by atoms with van der Waals surface area (Å²) in [6.45, 7) is 1.84. The third-order valence-corrected chi connectivity index (χ3v) is 4.52. The molecule has 0 unspecified atom stereocenters. The minimum absolute atomic E-state index is 0.265. The summed E-state index contributed by atoms with van der Waals surface area (Å²) in [6, 6.07) is 17.0. The molecule has 0 aliphatic carbocycles. The molecule has 29 heavy (non-hydrogen) atoms. The summed E-state index contributed by atoms with van der Waals surface area (Å²) in [5, 5.41) is 5.27. The standard InChI is InChI=1S/C23H21ClN2O3/c1-2-12-28-14-15-29-13-11-25-23(27)21-16-17-7-3-4-8-18(17)22(26-21)19-9-5-6-10-20(19)24/h1,3-10,16H,11-15H2,(H,25,27). The summed E-state index contributed by atoms with van der Waals surface area (Å²) >= 11 is 6.38. The fourth-order valence-electron chi connectivity index (χ4n) is 2.85. The monoisotopic (exact) mass is 408 g/mol. The molecule has 0 aliphatic rings. The van der Waals surface area contributed by atoms with Gasteiger partial charge in [0.15, 0.2) is 0 Å². The number of hydrogen-bond acceptors (Lipinski definition) is 4. The van der Waals surface area contributed by atoms with E-state index in [1.54, 1.807) is 6.07 Å². The summed E-state index contributed by atoms with van der Waals surface area (Å²) in [7, 11) is 0. The quantitative estimate of drug-likeness (QED) is 0.430. The number of carbonyl (C=O) groups excluding carboxylic acids is 1. The highest BCUT2D eigenvalue weighted by molar-refractivity contribution is 6.33. The minimum atomic E-state index is -0.267. The van der Waals surface area contributed by atoms with Gasteiger partial charge in [0.2, 0.25) is 0 Å². The van der Waals surface area contributed by atoms with Crippen LogP contribution in [-0.2, 0) is 9.47 Å². The fraction of sp³-hybridized carbons (Fsp3) is 0.217. The lowest BCUT2D eigenvalue weighted by Gasteiger charge is -2.11. The van der Waals surface area contributed by atoms with Crippen LogP contribution < -0.4 is 5.32 Å². The molecule has 3 aromatic rings. The zero-order chi connectivity index (χ0) is 20.5. The molecule has 1 amide bonds. The van der Waals surface area contributed by atoms with Crippen LogP contribution in [0.1, 0.15) is 10.5 Å². The Morgan fingerprint density at radius 2 is 1.83 bits per heavy atom. The lowest BCUT2D eigenvalue weighted by molar-refractivity contribution is 0.0599. The van der Waals surface area contributed by atoms with E-state index in [1.165, 1.54) is 0 Å². The van der Waals surface area contributed by atoms with Gasteiger partial charge in [-0.15, -0.1) is 6.42 Å². The van der Waals surface area contributed by atoms with E-state index in [-0.39, 0.29) is 12.5 Å². The Bertz CT molecular complexity index is 1030.